The SMILES string of the molecule is N=C(N)c1ccc2cc(OC(=O)c3ccc([N+](=O)[O-])cc3)ccc2c1. The van der Waals surface area contributed by atoms with Crippen molar-refractivity contribution in [2.45, 2.75) is 0 Å². The number of nitrogens with two attached hydrogens (primary N) is 1. The van der Waals surface area contributed by atoms with Gasteiger partial charge in [-0.05, 0) is 41.1 Å². The average Bonchev–Trinajstić information content (AvgIpc) is 2.61. The molecular weight excluding hydrogens is 322 g/mol. The van der Waals surface area contributed by atoms with Crippen molar-refractivity contribution in [3.63, 3.8) is 0 Å². The molecule has 7 heteroatoms. The average molecular weight is 335 g/mol. The molecule has 0 heterocycles. The standard InChI is InChI=1S/C18H13N3O4/c19-17(20)14-2-1-13-10-16(8-5-12(13)9-14)25-18(22)11-3-6-15(7-4-11)21(23)24/h1-10H,(H3,19,20). The quantitative estimate of drug-likeness (QED) is 0.189. The van der Waals surface area contributed by atoms with Gasteiger partial charge in [0.25, 0.3) is 5.69 Å². The van der Waals surface area contributed by atoms with Gasteiger partial charge in [-0.15, -0.1) is 0 Å². The van der Waals surface area contributed by atoms with Gasteiger partial charge >= 0.3 is 5.97 Å². The van der Waals surface area contributed by atoms with E-state index in [9.17, 15) is 14.9 Å². The number of nitrogens with zero attached hydrogens (tertiary/aromatic N) is 1. The van der Waals surface area contributed by atoms with E-state index in [1.165, 1.54) is 24.3 Å². The first-order valence-corrected chi connectivity index (χ1v) is 7.29. The number of hydrogen-bond donors (Lipinski definition) is 2. The maximum Gasteiger partial charge on any atom is 0.343 e. The summed E-state index contributed by atoms with van der Waals surface area (Å²) in [5.74, 6) is -0.267. The van der Waals surface area contributed by atoms with E-state index in [2.05, 4.69) is 0 Å². The highest BCUT2D eigenvalue weighted by Gasteiger charge is 2.12. The molecular formula is C18H13N3O4. The van der Waals surface area contributed by atoms with E-state index in [0.717, 1.165) is 10.8 Å². The molecule has 0 aliphatic rings. The summed E-state index contributed by atoms with van der Waals surface area (Å²) in [6.07, 6.45) is 0. The topological polar surface area (TPSA) is 119 Å². The van der Waals surface area contributed by atoms with Crippen LogP contribution in [0.1, 0.15) is 15.9 Å². The van der Waals surface area contributed by atoms with Gasteiger partial charge in [-0.1, -0.05) is 18.2 Å². The number of ether oxygens (including phenoxy) is 1. The van der Waals surface area contributed by atoms with Crippen LogP contribution >= 0.6 is 0 Å². The zero-order chi connectivity index (χ0) is 18.0. The summed E-state index contributed by atoms with van der Waals surface area (Å²) < 4.78 is 5.31. The molecule has 3 rings (SSSR count). The summed E-state index contributed by atoms with van der Waals surface area (Å²) >= 11 is 0. The van der Waals surface area contributed by atoms with Crippen LogP contribution in [0.25, 0.3) is 10.8 Å². The number of esters is 1. The molecule has 0 radical (unpaired) electrons. The van der Waals surface area contributed by atoms with Crippen LogP contribution in [-0.2, 0) is 0 Å². The number of nitro groups is 1. The summed E-state index contributed by atoms with van der Waals surface area (Å²) in [6, 6.07) is 15.6. The smallest absolute Gasteiger partial charge is 0.343 e. The molecule has 0 fully saturated rings. The van der Waals surface area contributed by atoms with Gasteiger partial charge in [0.1, 0.15) is 11.6 Å². The molecule has 0 saturated heterocycles. The first-order valence-electron chi connectivity index (χ1n) is 7.29. The van der Waals surface area contributed by atoms with Gasteiger partial charge in [0.2, 0.25) is 0 Å². The van der Waals surface area contributed by atoms with Crippen molar-refractivity contribution < 1.29 is 14.5 Å². The summed E-state index contributed by atoms with van der Waals surface area (Å²) in [4.78, 5) is 22.2. The molecule has 0 aliphatic heterocycles. The van der Waals surface area contributed by atoms with Crippen LogP contribution < -0.4 is 10.5 Å². The Hall–Kier alpha value is -3.74. The van der Waals surface area contributed by atoms with Gasteiger partial charge in [0.05, 0.1) is 10.5 Å². The molecule has 7 nitrogen and oxygen atoms in total. The van der Waals surface area contributed by atoms with E-state index in [1.54, 1.807) is 36.4 Å². The number of non-ortho nitro benzene ring substituents is 1. The maximum absolute atomic E-state index is 12.1. The van der Waals surface area contributed by atoms with Crippen LogP contribution in [0, 0.1) is 15.5 Å². The third-order valence-corrected chi connectivity index (χ3v) is 3.65. The zero-order valence-electron chi connectivity index (χ0n) is 12.9. The number of carbonyl (C=O) groups is 1. The fourth-order valence-electron chi connectivity index (χ4n) is 2.34. The van der Waals surface area contributed by atoms with Crippen molar-refractivity contribution in [3.05, 3.63) is 81.9 Å². The predicted molar refractivity (Wildman–Crippen MR) is 93.0 cm³/mol. The number of carbonyl (C=O) groups excluding carboxylic acids is 1. The Morgan fingerprint density at radius 2 is 1.56 bits per heavy atom. The van der Waals surface area contributed by atoms with Gasteiger partial charge < -0.3 is 10.5 Å². The van der Waals surface area contributed by atoms with Crippen LogP contribution in [0.4, 0.5) is 5.69 Å². The number of amidine groups is 1. The lowest BCUT2D eigenvalue weighted by molar-refractivity contribution is -0.384. The van der Waals surface area contributed by atoms with Crippen molar-refractivity contribution in [2.75, 3.05) is 0 Å². The monoisotopic (exact) mass is 335 g/mol. The highest BCUT2D eigenvalue weighted by molar-refractivity contribution is 5.99. The Balaban J connectivity index is 1.82. The number of nitro benzene ring substituents is 1. The Labute approximate surface area is 142 Å². The largest absolute Gasteiger partial charge is 0.423 e. The summed E-state index contributed by atoms with van der Waals surface area (Å²) in [6.45, 7) is 0. The highest BCUT2D eigenvalue weighted by atomic mass is 16.6. The molecule has 0 aliphatic carbocycles. The summed E-state index contributed by atoms with van der Waals surface area (Å²) in [5.41, 5.74) is 6.21. The zero-order valence-corrected chi connectivity index (χ0v) is 12.9. The Morgan fingerprint density at radius 3 is 2.20 bits per heavy atom. The maximum atomic E-state index is 12.1. The molecule has 0 spiro atoms. The van der Waals surface area contributed by atoms with Crippen molar-refractivity contribution in [1.82, 2.24) is 0 Å². The van der Waals surface area contributed by atoms with Crippen LogP contribution in [0.5, 0.6) is 5.75 Å². The minimum absolute atomic E-state index is 0.0180. The Kier molecular flexibility index (Phi) is 4.13. The third kappa shape index (κ3) is 3.45. The number of nitrogens with one attached hydrogen (secondary N) is 1. The summed E-state index contributed by atoms with van der Waals surface area (Å²) in [5, 5.41) is 19.8. The first-order chi connectivity index (χ1) is 11.9. The fourth-order valence-corrected chi connectivity index (χ4v) is 2.34. The number of hydrogen-bond acceptors (Lipinski definition) is 5. The molecule has 3 N–H and O–H groups in total. The normalized spacial score (nSPS) is 10.4. The molecule has 3 aromatic rings. The fraction of sp³-hybridized carbons (Fsp3) is 0. The van der Waals surface area contributed by atoms with Crippen LogP contribution in [0.15, 0.2) is 60.7 Å². The Morgan fingerprint density at radius 1 is 0.960 bits per heavy atom. The van der Waals surface area contributed by atoms with Gasteiger partial charge in [-0.3, -0.25) is 15.5 Å². The van der Waals surface area contributed by atoms with Crippen LogP contribution in [0.3, 0.4) is 0 Å². The van der Waals surface area contributed by atoms with Gasteiger partial charge in [0.15, 0.2) is 0 Å². The Bertz CT molecular complexity index is 997. The molecule has 0 unspecified atom stereocenters. The van der Waals surface area contributed by atoms with Gasteiger partial charge in [-0.25, -0.2) is 4.79 Å². The van der Waals surface area contributed by atoms with Crippen molar-refractivity contribution >= 4 is 28.3 Å². The second-order valence-electron chi connectivity index (χ2n) is 5.33. The molecule has 0 aromatic heterocycles. The molecule has 3 aromatic carbocycles. The molecule has 124 valence electrons. The number of fused-ring (bicyclic) bond motifs is 1. The van der Waals surface area contributed by atoms with E-state index >= 15 is 0 Å². The molecule has 25 heavy (non-hydrogen) atoms. The van der Waals surface area contributed by atoms with Gasteiger partial charge in [-0.2, -0.15) is 0 Å². The van der Waals surface area contributed by atoms with E-state index in [4.69, 9.17) is 15.9 Å². The van der Waals surface area contributed by atoms with Gasteiger partial charge in [0, 0.05) is 17.7 Å². The minimum atomic E-state index is -0.602. The minimum Gasteiger partial charge on any atom is -0.423 e. The second kappa shape index (κ2) is 6.40. The van der Waals surface area contributed by atoms with Crippen molar-refractivity contribution in [2.24, 2.45) is 5.73 Å². The van der Waals surface area contributed by atoms with E-state index in [1.807, 2.05) is 0 Å². The van der Waals surface area contributed by atoms with Crippen LogP contribution in [0.2, 0.25) is 0 Å². The first kappa shape index (κ1) is 16.1. The lowest BCUT2D eigenvalue weighted by atomic mass is 10.1. The molecule has 0 saturated carbocycles. The van der Waals surface area contributed by atoms with E-state index < -0.39 is 10.9 Å². The van der Waals surface area contributed by atoms with E-state index in [-0.39, 0.29) is 17.1 Å². The number of nitrogen functional groups attached to an aromatic ring is 1. The second-order valence-corrected chi connectivity index (χ2v) is 5.33. The lowest BCUT2D eigenvalue weighted by Crippen LogP contribution is -2.10. The number of rotatable bonds is 4. The third-order valence-electron chi connectivity index (χ3n) is 3.65. The predicted octanol–water partition coefficient (Wildman–Crippen LogP) is 3.25. The summed E-state index contributed by atoms with van der Waals surface area (Å²) in [7, 11) is 0. The van der Waals surface area contributed by atoms with Crippen LogP contribution in [-0.4, -0.2) is 16.7 Å². The highest BCUT2D eigenvalue weighted by Crippen LogP contribution is 2.23. The molecule has 0 bridgehead atoms. The van der Waals surface area contributed by atoms with E-state index in [0.29, 0.717) is 11.3 Å². The number of benzene rings is 3. The lowest BCUT2D eigenvalue weighted by Gasteiger charge is -2.07. The molecule has 0 atom stereocenters. The van der Waals surface area contributed by atoms with Crippen molar-refractivity contribution in [3.8, 4) is 5.75 Å². The molecule has 0 amide bonds. The van der Waals surface area contributed by atoms with Crippen molar-refractivity contribution in [1.29, 1.82) is 5.41 Å².